The number of aromatic carboxylic acids is 2. The molecule has 4 rings (SSSR count). The zero-order valence-electron chi connectivity index (χ0n) is 35.2. The number of hydrogen-bond acceptors (Lipinski definition) is 12. The SMILES string of the molecule is CC(C)c1cc(F)cc(C(C)C)c1NC(=O)NS(=O)(=O)c1cc(C(=O)[O-])n(C)n1.CC(C)c1cc(F)cc(C(C)C)c1NC(=O)NS(=O)(=O)c1cc(C(=O)[O-])n(C)n1.[Na+].[Na+]. The molecule has 2 aromatic carbocycles. The van der Waals surface area contributed by atoms with Crippen molar-refractivity contribution in [2.45, 2.75) is 89.1 Å². The first kappa shape index (κ1) is 54.1. The average Bonchev–Trinajstić information content (AvgIpc) is 3.69. The van der Waals surface area contributed by atoms with Gasteiger partial charge in [0.2, 0.25) is 0 Å². The molecule has 0 radical (unpaired) electrons. The molecular weight excluding hydrogens is 853 g/mol. The van der Waals surface area contributed by atoms with Gasteiger partial charge in [0.05, 0.1) is 23.3 Å². The number of aromatic nitrogens is 4. The van der Waals surface area contributed by atoms with Gasteiger partial charge in [-0.1, -0.05) is 55.4 Å². The molecule has 0 saturated carbocycles. The molecule has 0 saturated heterocycles. The normalized spacial score (nSPS) is 11.3. The van der Waals surface area contributed by atoms with Crippen molar-refractivity contribution in [2.24, 2.45) is 14.1 Å². The Balaban J connectivity index is 0.000000581. The van der Waals surface area contributed by atoms with Crippen molar-refractivity contribution < 1.29 is 114 Å². The number of halogens is 2. The van der Waals surface area contributed by atoms with E-state index in [4.69, 9.17) is 0 Å². The van der Waals surface area contributed by atoms with Gasteiger partial charge < -0.3 is 30.4 Å². The van der Waals surface area contributed by atoms with E-state index in [-0.39, 0.29) is 82.8 Å². The van der Waals surface area contributed by atoms with Crippen LogP contribution in [0.1, 0.15) is 122 Å². The van der Waals surface area contributed by atoms with E-state index < -0.39 is 77.1 Å². The van der Waals surface area contributed by atoms with E-state index in [0.717, 1.165) is 21.5 Å². The fraction of sp³-hybridized carbons (Fsp3) is 0.389. The first-order valence-corrected chi connectivity index (χ1v) is 20.5. The smallest absolute Gasteiger partial charge is 0.543 e. The van der Waals surface area contributed by atoms with Gasteiger partial charge in [0, 0.05) is 37.6 Å². The molecule has 0 aliphatic heterocycles. The number of aryl methyl sites for hydroxylation is 2. The van der Waals surface area contributed by atoms with Crippen LogP contribution in [0, 0.1) is 11.6 Å². The summed E-state index contributed by atoms with van der Waals surface area (Å²) < 4.78 is 82.7. The number of benzene rings is 2. The van der Waals surface area contributed by atoms with Crippen molar-refractivity contribution in [3.63, 3.8) is 0 Å². The Morgan fingerprint density at radius 1 is 0.550 bits per heavy atom. The van der Waals surface area contributed by atoms with E-state index in [0.29, 0.717) is 33.6 Å². The quantitative estimate of drug-likeness (QED) is 0.107. The van der Waals surface area contributed by atoms with Crippen molar-refractivity contribution in [2.75, 3.05) is 10.6 Å². The number of carboxylic acid groups (broad SMARTS) is 2. The molecule has 0 bridgehead atoms. The minimum absolute atomic E-state index is 0. The van der Waals surface area contributed by atoms with Crippen molar-refractivity contribution in [1.29, 1.82) is 0 Å². The first-order chi connectivity index (χ1) is 26.7. The number of carbonyl (C=O) groups excluding carboxylic acids is 4. The molecule has 4 amide bonds. The monoisotopic (exact) mass is 896 g/mol. The van der Waals surface area contributed by atoms with Gasteiger partial charge in [-0.3, -0.25) is 9.36 Å². The zero-order chi connectivity index (χ0) is 44.2. The van der Waals surface area contributed by atoms with Crippen LogP contribution < -0.4 is 89.4 Å². The molecule has 0 spiro atoms. The van der Waals surface area contributed by atoms with Gasteiger partial charge in [0.15, 0.2) is 10.1 Å². The third kappa shape index (κ3) is 13.6. The molecule has 18 nitrogen and oxygen atoms in total. The molecular formula is C36H44F2N8Na2O10S2. The van der Waals surface area contributed by atoms with Crippen LogP contribution in [0.2, 0.25) is 0 Å². The zero-order valence-corrected chi connectivity index (χ0v) is 40.9. The van der Waals surface area contributed by atoms with E-state index in [2.05, 4.69) is 20.8 Å². The number of hydrogen-bond donors (Lipinski definition) is 4. The summed E-state index contributed by atoms with van der Waals surface area (Å²) in [6.45, 7) is 14.5. The number of nitrogens with one attached hydrogen (secondary N) is 4. The van der Waals surface area contributed by atoms with Gasteiger partial charge in [0.25, 0.3) is 20.0 Å². The molecule has 0 atom stereocenters. The molecule has 0 fully saturated rings. The molecule has 0 aliphatic carbocycles. The number of nitrogens with zero attached hydrogens (tertiary/aromatic N) is 4. The fourth-order valence-corrected chi connectivity index (χ4v) is 7.36. The Bertz CT molecular complexity index is 2240. The van der Waals surface area contributed by atoms with E-state index in [9.17, 15) is 55.0 Å². The summed E-state index contributed by atoms with van der Waals surface area (Å²) in [6, 6.07) is 4.53. The molecule has 2 aromatic heterocycles. The minimum Gasteiger partial charge on any atom is -0.543 e. The van der Waals surface area contributed by atoms with Gasteiger partial charge in [-0.2, -0.15) is 27.0 Å². The maximum atomic E-state index is 14.0. The second kappa shape index (κ2) is 21.8. The largest absolute Gasteiger partial charge is 1.00 e. The summed E-state index contributed by atoms with van der Waals surface area (Å²) in [7, 11) is -6.44. The van der Waals surface area contributed by atoms with Crippen LogP contribution in [0.15, 0.2) is 46.5 Å². The third-order valence-corrected chi connectivity index (χ3v) is 10.8. The van der Waals surface area contributed by atoms with Crippen LogP contribution in [-0.2, 0) is 34.1 Å². The summed E-state index contributed by atoms with van der Waals surface area (Å²) in [5.41, 5.74) is 1.76. The maximum Gasteiger partial charge on any atom is 1.00 e. The van der Waals surface area contributed by atoms with E-state index in [1.54, 1.807) is 9.44 Å². The summed E-state index contributed by atoms with van der Waals surface area (Å²) in [4.78, 5) is 46.7. The van der Waals surface area contributed by atoms with Gasteiger partial charge in [-0.05, 0) is 70.2 Å². The average molecular weight is 897 g/mol. The number of carboxylic acids is 2. The number of carbonyl (C=O) groups is 4. The molecule has 60 heavy (non-hydrogen) atoms. The molecule has 0 unspecified atom stereocenters. The van der Waals surface area contributed by atoms with Crippen molar-refractivity contribution in [1.82, 2.24) is 29.0 Å². The van der Waals surface area contributed by atoms with E-state index in [1.807, 2.05) is 55.4 Å². The number of amides is 4. The van der Waals surface area contributed by atoms with Crippen LogP contribution in [0.4, 0.5) is 29.7 Å². The van der Waals surface area contributed by atoms with Gasteiger partial charge >= 0.3 is 71.2 Å². The topological polar surface area (TPSA) is 266 Å². The standard InChI is InChI=1S/2C18H23FN4O5S.2Na/c2*1-9(2)12-6-11(19)7-13(10(3)4)16(12)20-18(26)22-29(27,28)15-8-14(17(24)25)23(5)21-15;;/h2*6-10H,1-5H3,(H,24,25)(H2,20,22,26);;/q;;2*+1/p-2. The molecule has 4 N–H and O–H groups in total. The Hall–Kier alpha value is -3.90. The van der Waals surface area contributed by atoms with Crippen molar-refractivity contribution in [3.05, 3.63) is 81.7 Å². The Kier molecular flexibility index (Phi) is 19.6. The maximum absolute atomic E-state index is 14.0. The van der Waals surface area contributed by atoms with Crippen LogP contribution >= 0.6 is 0 Å². The van der Waals surface area contributed by atoms with Crippen LogP contribution in [0.5, 0.6) is 0 Å². The number of sulfonamides is 2. The fourth-order valence-electron chi connectivity index (χ4n) is 5.56. The number of rotatable bonds is 12. The predicted molar refractivity (Wildman–Crippen MR) is 203 cm³/mol. The summed E-state index contributed by atoms with van der Waals surface area (Å²) in [6.07, 6.45) is 0. The van der Waals surface area contributed by atoms with Crippen molar-refractivity contribution in [3.8, 4) is 0 Å². The van der Waals surface area contributed by atoms with Gasteiger partial charge in [-0.25, -0.2) is 27.8 Å². The van der Waals surface area contributed by atoms with Crippen LogP contribution in [0.3, 0.4) is 0 Å². The summed E-state index contributed by atoms with van der Waals surface area (Å²) in [5, 5.41) is 32.7. The summed E-state index contributed by atoms with van der Waals surface area (Å²) in [5.74, 6) is -4.71. The second-order valence-electron chi connectivity index (χ2n) is 14.2. The number of urea groups is 2. The summed E-state index contributed by atoms with van der Waals surface area (Å²) >= 11 is 0. The number of anilines is 2. The molecule has 4 aromatic rings. The Morgan fingerprint density at radius 2 is 0.800 bits per heavy atom. The Morgan fingerprint density at radius 3 is 1.00 bits per heavy atom. The molecule has 316 valence electrons. The van der Waals surface area contributed by atoms with Gasteiger partial charge in [0.1, 0.15) is 11.6 Å². The minimum atomic E-state index is -4.45. The van der Waals surface area contributed by atoms with Crippen molar-refractivity contribution >= 4 is 55.4 Å². The molecule has 2 heterocycles. The van der Waals surface area contributed by atoms with E-state index >= 15 is 0 Å². The molecule has 24 heteroatoms. The van der Waals surface area contributed by atoms with Crippen LogP contribution in [-0.4, -0.2) is 60.4 Å². The third-order valence-electron chi connectivity index (χ3n) is 8.43. The Labute approximate surface area is 391 Å². The predicted octanol–water partition coefficient (Wildman–Crippen LogP) is -2.63. The van der Waals surface area contributed by atoms with Crippen LogP contribution in [0.25, 0.3) is 0 Å². The first-order valence-electron chi connectivity index (χ1n) is 17.5. The second-order valence-corrected chi connectivity index (χ2v) is 17.5. The van der Waals surface area contributed by atoms with E-state index in [1.165, 1.54) is 38.4 Å². The van der Waals surface area contributed by atoms with Gasteiger partial charge in [-0.15, -0.1) is 0 Å². The molecule has 0 aliphatic rings.